The van der Waals surface area contributed by atoms with Crippen LogP contribution < -0.4 is 4.74 Å². The Labute approximate surface area is 203 Å². The first kappa shape index (κ1) is 27.2. The van der Waals surface area contributed by atoms with Gasteiger partial charge in [0.15, 0.2) is 0 Å². The van der Waals surface area contributed by atoms with E-state index in [1.807, 2.05) is 0 Å². The van der Waals surface area contributed by atoms with E-state index in [4.69, 9.17) is 10.1 Å². The highest BCUT2D eigenvalue weighted by Crippen LogP contribution is 2.29. The summed E-state index contributed by atoms with van der Waals surface area (Å²) < 4.78 is 6.21. The molecular weight excluding hydrogens is 404 g/mol. The Morgan fingerprint density at radius 3 is 1.79 bits per heavy atom. The van der Waals surface area contributed by atoms with E-state index in [0.29, 0.717) is 5.84 Å². The number of fused-ring (bicyclic) bond motifs is 1. The van der Waals surface area contributed by atoms with E-state index in [9.17, 15) is 0 Å². The molecule has 0 aliphatic carbocycles. The number of hydrogen-bond acceptors (Lipinski definition) is 2. The van der Waals surface area contributed by atoms with Crippen LogP contribution in [0.2, 0.25) is 0 Å². The van der Waals surface area contributed by atoms with Crippen LogP contribution in [0.3, 0.4) is 0 Å². The van der Waals surface area contributed by atoms with Gasteiger partial charge in [-0.1, -0.05) is 109 Å². The molecule has 0 aliphatic rings. The Bertz CT molecular complexity index is 795. The van der Waals surface area contributed by atoms with Gasteiger partial charge in [-0.05, 0) is 36.8 Å². The number of benzene rings is 2. The molecule has 0 spiro atoms. The Morgan fingerprint density at radius 1 is 0.667 bits per heavy atom. The molecule has 0 saturated heterocycles. The topological polar surface area (TPSA) is 36.3 Å². The first-order valence-electron chi connectivity index (χ1n) is 13.7. The summed E-state index contributed by atoms with van der Waals surface area (Å²) in [4.78, 5) is 2.20. The molecular formula is C30H48N2O. The van der Waals surface area contributed by atoms with E-state index in [1.54, 1.807) is 0 Å². The smallest absolute Gasteiger partial charge is 0.128 e. The van der Waals surface area contributed by atoms with Crippen molar-refractivity contribution in [2.45, 2.75) is 104 Å². The van der Waals surface area contributed by atoms with Crippen molar-refractivity contribution in [3.63, 3.8) is 0 Å². The number of hydrogen-bond donors (Lipinski definition) is 1. The predicted molar refractivity (Wildman–Crippen MR) is 145 cm³/mol. The molecule has 184 valence electrons. The van der Waals surface area contributed by atoms with Gasteiger partial charge in [0.1, 0.15) is 11.6 Å². The summed E-state index contributed by atoms with van der Waals surface area (Å²) in [7, 11) is 0. The zero-order valence-corrected chi connectivity index (χ0v) is 21.6. The maximum Gasteiger partial charge on any atom is 0.128 e. The summed E-state index contributed by atoms with van der Waals surface area (Å²) in [5.74, 6) is 1.58. The molecule has 0 unspecified atom stereocenters. The largest absolute Gasteiger partial charge is 0.493 e. The number of rotatable bonds is 18. The van der Waals surface area contributed by atoms with E-state index in [0.717, 1.165) is 61.0 Å². The van der Waals surface area contributed by atoms with Crippen LogP contribution in [0.4, 0.5) is 0 Å². The lowest BCUT2D eigenvalue weighted by molar-refractivity contribution is 0.307. The fourth-order valence-corrected chi connectivity index (χ4v) is 4.60. The van der Waals surface area contributed by atoms with Crippen molar-refractivity contribution >= 4 is 16.6 Å². The van der Waals surface area contributed by atoms with Gasteiger partial charge in [0, 0.05) is 24.0 Å². The number of nitrogens with one attached hydrogen (secondary N) is 1. The minimum atomic E-state index is 0.631. The third-order valence-corrected chi connectivity index (χ3v) is 6.45. The average Bonchev–Trinajstić information content (AvgIpc) is 2.84. The maximum atomic E-state index is 8.84. The van der Waals surface area contributed by atoms with E-state index in [1.165, 1.54) is 64.2 Å². The zero-order chi connectivity index (χ0) is 23.7. The predicted octanol–water partition coefficient (Wildman–Crippen LogP) is 8.98. The second kappa shape index (κ2) is 16.6. The molecule has 0 amide bonds. The van der Waals surface area contributed by atoms with Gasteiger partial charge in [0.05, 0.1) is 6.61 Å². The Balaban J connectivity index is 1.81. The minimum absolute atomic E-state index is 0.631. The molecule has 33 heavy (non-hydrogen) atoms. The van der Waals surface area contributed by atoms with Crippen molar-refractivity contribution in [2.75, 3.05) is 19.7 Å². The lowest BCUT2D eigenvalue weighted by atomic mass is 10.0. The summed E-state index contributed by atoms with van der Waals surface area (Å²) in [6.45, 7) is 9.27. The molecule has 3 heteroatoms. The van der Waals surface area contributed by atoms with Gasteiger partial charge in [-0.15, -0.1) is 0 Å². The molecule has 1 N–H and O–H groups in total. The third-order valence-electron chi connectivity index (χ3n) is 6.45. The summed E-state index contributed by atoms with van der Waals surface area (Å²) >= 11 is 0. The fourth-order valence-electron chi connectivity index (χ4n) is 4.60. The quantitative estimate of drug-likeness (QED) is 0.139. The maximum absolute atomic E-state index is 8.84. The highest BCUT2D eigenvalue weighted by atomic mass is 16.5. The molecule has 0 heterocycles. The number of unbranched alkanes of at least 4 members (excludes halogenated alkanes) is 10. The lowest BCUT2D eigenvalue weighted by Crippen LogP contribution is -2.32. The van der Waals surface area contributed by atoms with Gasteiger partial charge in [0.2, 0.25) is 0 Å². The zero-order valence-electron chi connectivity index (χ0n) is 21.6. The second-order valence-corrected chi connectivity index (χ2v) is 9.38. The van der Waals surface area contributed by atoms with Crippen molar-refractivity contribution in [2.24, 2.45) is 0 Å². The molecule has 2 aromatic carbocycles. The SMILES string of the molecule is CCCCCCCCCCCCCOc1ccc(C(=N)N(CCC)CCC)c2ccccc12. The van der Waals surface area contributed by atoms with Gasteiger partial charge < -0.3 is 9.64 Å². The minimum Gasteiger partial charge on any atom is -0.493 e. The van der Waals surface area contributed by atoms with Gasteiger partial charge in [-0.25, -0.2) is 0 Å². The van der Waals surface area contributed by atoms with Crippen LogP contribution >= 0.6 is 0 Å². The first-order chi connectivity index (χ1) is 16.2. The summed E-state index contributed by atoms with van der Waals surface area (Å²) in [5, 5.41) is 11.1. The second-order valence-electron chi connectivity index (χ2n) is 9.38. The third kappa shape index (κ3) is 9.39. The number of ether oxygens (including phenoxy) is 1. The molecule has 0 bridgehead atoms. The van der Waals surface area contributed by atoms with E-state index >= 15 is 0 Å². The molecule has 0 fully saturated rings. The van der Waals surface area contributed by atoms with Crippen LogP contribution in [0, 0.1) is 5.41 Å². The van der Waals surface area contributed by atoms with E-state index < -0.39 is 0 Å². The van der Waals surface area contributed by atoms with Gasteiger partial charge >= 0.3 is 0 Å². The summed E-state index contributed by atoms with van der Waals surface area (Å²) in [5.41, 5.74) is 1.01. The molecule has 0 saturated carbocycles. The van der Waals surface area contributed by atoms with Crippen LogP contribution in [0.5, 0.6) is 5.75 Å². The molecule has 0 aliphatic heterocycles. The lowest BCUT2D eigenvalue weighted by Gasteiger charge is -2.25. The van der Waals surface area contributed by atoms with Crippen LogP contribution in [0.1, 0.15) is 110 Å². The Hall–Kier alpha value is -2.03. The van der Waals surface area contributed by atoms with Crippen LogP contribution in [0.15, 0.2) is 36.4 Å². The van der Waals surface area contributed by atoms with Gasteiger partial charge in [-0.2, -0.15) is 0 Å². The van der Waals surface area contributed by atoms with Gasteiger partial charge in [0.25, 0.3) is 0 Å². The van der Waals surface area contributed by atoms with Gasteiger partial charge in [-0.3, -0.25) is 5.41 Å². The summed E-state index contributed by atoms with van der Waals surface area (Å²) in [6, 6.07) is 12.5. The van der Waals surface area contributed by atoms with Crippen molar-refractivity contribution in [1.82, 2.24) is 4.90 Å². The van der Waals surface area contributed by atoms with E-state index in [2.05, 4.69) is 62.1 Å². The molecule has 2 rings (SSSR count). The molecule has 0 aromatic heterocycles. The molecule has 0 radical (unpaired) electrons. The number of nitrogens with zero attached hydrogens (tertiary/aromatic N) is 1. The van der Waals surface area contributed by atoms with E-state index in [-0.39, 0.29) is 0 Å². The normalized spacial score (nSPS) is 11.1. The van der Waals surface area contributed by atoms with Crippen molar-refractivity contribution < 1.29 is 4.74 Å². The van der Waals surface area contributed by atoms with Crippen molar-refractivity contribution in [3.05, 3.63) is 42.0 Å². The number of amidine groups is 1. The highest BCUT2D eigenvalue weighted by molar-refractivity contribution is 6.09. The fraction of sp³-hybridized carbons (Fsp3) is 0.633. The Morgan fingerprint density at radius 2 is 1.21 bits per heavy atom. The average molecular weight is 453 g/mol. The van der Waals surface area contributed by atoms with Crippen molar-refractivity contribution in [3.8, 4) is 5.75 Å². The standard InChI is InChI=1S/C30H48N2O/c1-4-7-8-9-10-11-12-13-14-15-18-25-33-29-22-21-28(26-19-16-17-20-27(26)29)30(31)32(23-5-2)24-6-3/h16-17,19-22,31H,4-15,18,23-25H2,1-3H3. The summed E-state index contributed by atoms with van der Waals surface area (Å²) in [6.07, 6.45) is 16.9. The first-order valence-corrected chi connectivity index (χ1v) is 13.7. The molecule has 2 aromatic rings. The van der Waals surface area contributed by atoms with Crippen LogP contribution in [-0.2, 0) is 0 Å². The van der Waals surface area contributed by atoms with Crippen LogP contribution in [-0.4, -0.2) is 30.4 Å². The monoisotopic (exact) mass is 452 g/mol. The highest BCUT2D eigenvalue weighted by Gasteiger charge is 2.15. The van der Waals surface area contributed by atoms with Crippen molar-refractivity contribution in [1.29, 1.82) is 5.41 Å². The molecule has 0 atom stereocenters. The van der Waals surface area contributed by atoms with Crippen LogP contribution in [0.25, 0.3) is 10.8 Å². The Kier molecular flexibility index (Phi) is 13.7. The molecule has 3 nitrogen and oxygen atoms in total.